The summed E-state index contributed by atoms with van der Waals surface area (Å²) < 4.78 is 0. The number of hydrazone groups is 1. The molecule has 4 nitrogen and oxygen atoms in total. The molecule has 0 radical (unpaired) electrons. The quantitative estimate of drug-likeness (QED) is 0.438. The highest BCUT2D eigenvalue weighted by Gasteiger charge is 1.79. The first-order chi connectivity index (χ1) is 4.77. The molecule has 4 heteroatoms. The van der Waals surface area contributed by atoms with E-state index in [1.807, 2.05) is 13.0 Å². The summed E-state index contributed by atoms with van der Waals surface area (Å²) in [7, 11) is 0. The van der Waals surface area contributed by atoms with Gasteiger partial charge in [0.2, 0.25) is 0 Å². The molecule has 56 valence electrons. The van der Waals surface area contributed by atoms with Crippen molar-refractivity contribution in [2.24, 2.45) is 10.8 Å². The number of nitrogens with zero attached hydrogens (tertiary/aromatic N) is 1. The van der Waals surface area contributed by atoms with Crippen LogP contribution >= 0.6 is 0 Å². The monoisotopic (exact) mass is 141 g/mol. The number of urea groups is 1. The third kappa shape index (κ3) is 6.68. The Morgan fingerprint density at radius 2 is 2.50 bits per heavy atom. The molecule has 0 heterocycles. The zero-order valence-corrected chi connectivity index (χ0v) is 5.87. The lowest BCUT2D eigenvalue weighted by atomic mass is 10.4. The van der Waals surface area contributed by atoms with Gasteiger partial charge in [0.15, 0.2) is 0 Å². The molecule has 0 bridgehead atoms. The SMILES string of the molecule is CCC=CC=NNC(N)=O. The Hall–Kier alpha value is -1.32. The summed E-state index contributed by atoms with van der Waals surface area (Å²) in [5.74, 6) is 0. The van der Waals surface area contributed by atoms with E-state index in [0.717, 1.165) is 6.42 Å². The first-order valence-electron chi connectivity index (χ1n) is 3.01. The Kier molecular flexibility index (Phi) is 5.04. The summed E-state index contributed by atoms with van der Waals surface area (Å²) in [6.45, 7) is 2.01. The van der Waals surface area contributed by atoms with Gasteiger partial charge in [0.05, 0.1) is 0 Å². The Balaban J connectivity index is 3.37. The summed E-state index contributed by atoms with van der Waals surface area (Å²) in [5, 5.41) is 3.47. The molecule has 2 amide bonds. The first kappa shape index (κ1) is 8.68. The van der Waals surface area contributed by atoms with E-state index in [9.17, 15) is 4.79 Å². The van der Waals surface area contributed by atoms with E-state index in [2.05, 4.69) is 10.5 Å². The van der Waals surface area contributed by atoms with Crippen LogP contribution in [0, 0.1) is 0 Å². The fourth-order valence-electron chi connectivity index (χ4n) is 0.341. The molecule has 0 aromatic carbocycles. The van der Waals surface area contributed by atoms with Crippen LogP contribution in [0.3, 0.4) is 0 Å². The predicted molar refractivity (Wildman–Crippen MR) is 40.6 cm³/mol. The summed E-state index contributed by atoms with van der Waals surface area (Å²) in [5.41, 5.74) is 6.78. The molecule has 0 saturated heterocycles. The van der Waals surface area contributed by atoms with Crippen LogP contribution in [-0.4, -0.2) is 12.2 Å². The van der Waals surface area contributed by atoms with E-state index in [0.29, 0.717) is 0 Å². The smallest absolute Gasteiger partial charge is 0.332 e. The Morgan fingerprint density at radius 3 is 3.00 bits per heavy atom. The summed E-state index contributed by atoms with van der Waals surface area (Å²) in [6, 6.07) is -0.652. The molecule has 0 rings (SSSR count). The van der Waals surface area contributed by atoms with Crippen LogP contribution in [0.5, 0.6) is 0 Å². The van der Waals surface area contributed by atoms with Gasteiger partial charge < -0.3 is 5.73 Å². The van der Waals surface area contributed by atoms with Crippen LogP contribution in [0.25, 0.3) is 0 Å². The van der Waals surface area contributed by atoms with Gasteiger partial charge in [-0.05, 0) is 12.5 Å². The number of rotatable bonds is 3. The number of allylic oxidation sites excluding steroid dienone is 2. The second-order valence-electron chi connectivity index (χ2n) is 1.59. The molecule has 0 aliphatic rings. The topological polar surface area (TPSA) is 67.5 Å². The molecule has 0 aromatic rings. The highest BCUT2D eigenvalue weighted by Crippen LogP contribution is 1.74. The molecule has 0 saturated carbocycles. The van der Waals surface area contributed by atoms with Crippen molar-refractivity contribution in [3.63, 3.8) is 0 Å². The van der Waals surface area contributed by atoms with E-state index >= 15 is 0 Å². The van der Waals surface area contributed by atoms with Crippen molar-refractivity contribution in [1.29, 1.82) is 0 Å². The third-order valence-electron chi connectivity index (χ3n) is 0.707. The Labute approximate surface area is 59.8 Å². The zero-order valence-electron chi connectivity index (χ0n) is 5.87. The number of nitrogens with two attached hydrogens (primary N) is 1. The highest BCUT2D eigenvalue weighted by molar-refractivity contribution is 5.75. The number of hydrogen-bond donors (Lipinski definition) is 2. The van der Waals surface area contributed by atoms with E-state index < -0.39 is 6.03 Å². The van der Waals surface area contributed by atoms with Crippen molar-refractivity contribution in [1.82, 2.24) is 5.43 Å². The molecule has 0 fully saturated rings. The maximum absolute atomic E-state index is 10.0. The molecular formula is C6H11N3O. The van der Waals surface area contributed by atoms with Gasteiger partial charge in [-0.25, -0.2) is 10.2 Å². The minimum atomic E-state index is -0.652. The average Bonchev–Trinajstić information content (AvgIpc) is 1.87. The summed E-state index contributed by atoms with van der Waals surface area (Å²) >= 11 is 0. The van der Waals surface area contributed by atoms with Crippen LogP contribution in [0.2, 0.25) is 0 Å². The standard InChI is InChI=1S/C6H11N3O/c1-2-3-4-5-8-9-6(7)10/h3-5H,2H2,1H3,(H3,7,9,10). The summed E-state index contributed by atoms with van der Waals surface area (Å²) in [4.78, 5) is 10.0. The van der Waals surface area contributed by atoms with Gasteiger partial charge in [0.25, 0.3) is 0 Å². The molecule has 3 N–H and O–H groups in total. The first-order valence-corrected chi connectivity index (χ1v) is 3.01. The van der Waals surface area contributed by atoms with Crippen LogP contribution in [0.4, 0.5) is 4.79 Å². The number of carbonyl (C=O) groups is 1. The fraction of sp³-hybridized carbons (Fsp3) is 0.333. The van der Waals surface area contributed by atoms with E-state index in [1.54, 1.807) is 6.08 Å². The Morgan fingerprint density at radius 1 is 1.80 bits per heavy atom. The van der Waals surface area contributed by atoms with E-state index in [-0.39, 0.29) is 0 Å². The van der Waals surface area contributed by atoms with Gasteiger partial charge in [0.1, 0.15) is 0 Å². The molecule has 0 aliphatic heterocycles. The van der Waals surface area contributed by atoms with Crippen LogP contribution in [0.1, 0.15) is 13.3 Å². The van der Waals surface area contributed by atoms with Gasteiger partial charge in [-0.15, -0.1) is 0 Å². The molecule has 0 atom stereocenters. The maximum Gasteiger partial charge on any atom is 0.332 e. The van der Waals surface area contributed by atoms with Crippen LogP contribution in [0.15, 0.2) is 17.3 Å². The molecule has 0 aromatic heterocycles. The molecule has 0 aliphatic carbocycles. The lowest BCUT2D eigenvalue weighted by molar-refractivity contribution is 0.249. The zero-order chi connectivity index (χ0) is 7.82. The molecule has 0 spiro atoms. The normalized spacial score (nSPS) is 10.9. The number of amides is 2. The van der Waals surface area contributed by atoms with Gasteiger partial charge in [-0.2, -0.15) is 5.10 Å². The highest BCUT2D eigenvalue weighted by atomic mass is 16.2. The molecular weight excluding hydrogens is 130 g/mol. The maximum atomic E-state index is 10.0. The van der Waals surface area contributed by atoms with Crippen molar-refractivity contribution >= 4 is 12.2 Å². The van der Waals surface area contributed by atoms with E-state index in [1.165, 1.54) is 6.21 Å². The number of hydrogen-bond acceptors (Lipinski definition) is 2. The second kappa shape index (κ2) is 5.81. The van der Waals surface area contributed by atoms with Crippen LogP contribution in [-0.2, 0) is 0 Å². The third-order valence-corrected chi connectivity index (χ3v) is 0.707. The second-order valence-corrected chi connectivity index (χ2v) is 1.59. The van der Waals surface area contributed by atoms with Crippen molar-refractivity contribution in [3.05, 3.63) is 12.2 Å². The van der Waals surface area contributed by atoms with Gasteiger partial charge in [-0.1, -0.05) is 13.0 Å². The average molecular weight is 141 g/mol. The molecule has 0 unspecified atom stereocenters. The largest absolute Gasteiger partial charge is 0.350 e. The molecule has 10 heavy (non-hydrogen) atoms. The van der Waals surface area contributed by atoms with Gasteiger partial charge in [0, 0.05) is 6.21 Å². The lowest BCUT2D eigenvalue weighted by Gasteiger charge is -1.86. The summed E-state index contributed by atoms with van der Waals surface area (Å²) in [6.07, 6.45) is 6.05. The minimum Gasteiger partial charge on any atom is -0.350 e. The van der Waals surface area contributed by atoms with Crippen molar-refractivity contribution in [2.75, 3.05) is 0 Å². The number of primary amides is 1. The van der Waals surface area contributed by atoms with Gasteiger partial charge >= 0.3 is 6.03 Å². The van der Waals surface area contributed by atoms with Crippen molar-refractivity contribution in [3.8, 4) is 0 Å². The predicted octanol–water partition coefficient (Wildman–Crippen LogP) is 0.607. The Bertz CT molecular complexity index is 151. The van der Waals surface area contributed by atoms with Gasteiger partial charge in [-0.3, -0.25) is 0 Å². The van der Waals surface area contributed by atoms with Crippen LogP contribution < -0.4 is 11.2 Å². The number of nitrogens with one attached hydrogen (secondary N) is 1. The van der Waals surface area contributed by atoms with E-state index in [4.69, 9.17) is 5.73 Å². The van der Waals surface area contributed by atoms with Crippen molar-refractivity contribution in [2.45, 2.75) is 13.3 Å². The minimum absolute atomic E-state index is 0.652. The fourth-order valence-corrected chi connectivity index (χ4v) is 0.341. The lowest BCUT2D eigenvalue weighted by Crippen LogP contribution is -2.24. The van der Waals surface area contributed by atoms with Crippen molar-refractivity contribution < 1.29 is 4.79 Å². The number of carbonyl (C=O) groups excluding carboxylic acids is 1.